The highest BCUT2D eigenvalue weighted by Gasteiger charge is 2.17. The van der Waals surface area contributed by atoms with Gasteiger partial charge in [0, 0.05) is 50.5 Å². The van der Waals surface area contributed by atoms with Crippen LogP contribution in [-0.2, 0) is 4.79 Å². The van der Waals surface area contributed by atoms with Gasteiger partial charge in [-0.3, -0.25) is 9.69 Å². The third-order valence-corrected chi connectivity index (χ3v) is 4.66. The van der Waals surface area contributed by atoms with Crippen LogP contribution in [0.3, 0.4) is 0 Å². The van der Waals surface area contributed by atoms with E-state index in [-0.39, 0.29) is 12.0 Å². The molecule has 144 valence electrons. The Labute approximate surface area is 161 Å². The van der Waals surface area contributed by atoms with Gasteiger partial charge >= 0.3 is 0 Å². The fourth-order valence-corrected chi connectivity index (χ4v) is 3.24. The number of hydrogen-bond donors (Lipinski definition) is 1. The lowest BCUT2D eigenvalue weighted by Gasteiger charge is -2.36. The molecule has 2 aromatic rings. The molecular weight excluding hydrogens is 338 g/mol. The summed E-state index contributed by atoms with van der Waals surface area (Å²) < 4.78 is 5.62. The predicted molar refractivity (Wildman–Crippen MR) is 111 cm³/mol. The first-order chi connectivity index (χ1) is 13.1. The number of benzene rings is 2. The normalized spacial score (nSPS) is 15.0. The van der Waals surface area contributed by atoms with Crippen molar-refractivity contribution in [3.05, 3.63) is 54.6 Å². The first kappa shape index (κ1) is 19.2. The van der Waals surface area contributed by atoms with Gasteiger partial charge in [0.2, 0.25) is 5.91 Å². The fourth-order valence-electron chi connectivity index (χ4n) is 3.24. The number of piperazine rings is 1. The second-order valence-electron chi connectivity index (χ2n) is 7.15. The number of anilines is 2. The number of ether oxygens (including phenoxy) is 1. The lowest BCUT2D eigenvalue weighted by atomic mass is 10.2. The van der Waals surface area contributed by atoms with Crippen LogP contribution in [0.2, 0.25) is 0 Å². The van der Waals surface area contributed by atoms with Crippen LogP contribution < -0.4 is 15.0 Å². The molecule has 1 N–H and O–H groups in total. The van der Waals surface area contributed by atoms with Crippen molar-refractivity contribution in [3.8, 4) is 5.75 Å². The van der Waals surface area contributed by atoms with Crippen molar-refractivity contribution in [2.45, 2.75) is 26.4 Å². The summed E-state index contributed by atoms with van der Waals surface area (Å²) in [6.45, 7) is 8.77. The molecular formula is C22H29N3O2. The van der Waals surface area contributed by atoms with Gasteiger partial charge in [-0.25, -0.2) is 0 Å². The molecule has 2 aromatic carbocycles. The topological polar surface area (TPSA) is 44.8 Å². The van der Waals surface area contributed by atoms with E-state index in [2.05, 4.69) is 39.4 Å². The maximum absolute atomic E-state index is 12.2. The third kappa shape index (κ3) is 6.00. The molecule has 0 unspecified atom stereocenters. The average Bonchev–Trinajstić information content (AvgIpc) is 2.69. The summed E-state index contributed by atoms with van der Waals surface area (Å²) in [4.78, 5) is 17.0. The Bertz CT molecular complexity index is 708. The van der Waals surface area contributed by atoms with Gasteiger partial charge in [-0.1, -0.05) is 18.2 Å². The zero-order chi connectivity index (χ0) is 19.1. The molecule has 0 aliphatic carbocycles. The number of rotatable bonds is 7. The maximum Gasteiger partial charge on any atom is 0.225 e. The van der Waals surface area contributed by atoms with Crippen LogP contribution in [0.4, 0.5) is 11.4 Å². The highest BCUT2D eigenvalue weighted by Crippen LogP contribution is 2.18. The fraction of sp³-hybridized carbons (Fsp3) is 0.409. The Morgan fingerprint density at radius 3 is 2.30 bits per heavy atom. The number of hydrogen-bond acceptors (Lipinski definition) is 4. The smallest absolute Gasteiger partial charge is 0.225 e. The summed E-state index contributed by atoms with van der Waals surface area (Å²) in [6.07, 6.45) is 0.656. The molecule has 1 amide bonds. The minimum Gasteiger partial charge on any atom is -0.491 e. The summed E-state index contributed by atoms with van der Waals surface area (Å²) >= 11 is 0. The largest absolute Gasteiger partial charge is 0.491 e. The zero-order valence-corrected chi connectivity index (χ0v) is 16.2. The number of carbonyl (C=O) groups is 1. The van der Waals surface area contributed by atoms with Crippen LogP contribution in [0.1, 0.15) is 20.3 Å². The number of nitrogens with zero attached hydrogens (tertiary/aromatic N) is 2. The first-order valence-electron chi connectivity index (χ1n) is 9.69. The number of amides is 1. The van der Waals surface area contributed by atoms with Gasteiger partial charge in [0.25, 0.3) is 0 Å². The Morgan fingerprint density at radius 2 is 1.67 bits per heavy atom. The molecule has 1 aliphatic rings. The molecule has 0 spiro atoms. The van der Waals surface area contributed by atoms with Gasteiger partial charge in [-0.15, -0.1) is 0 Å². The molecule has 5 nitrogen and oxygen atoms in total. The standard InChI is InChI=1S/C22H29N3O2/c1-18(2)27-21-10-8-19(9-11-21)23-22(26)12-13-24-14-16-25(17-15-24)20-6-4-3-5-7-20/h3-11,18H,12-17H2,1-2H3,(H,23,26). The summed E-state index contributed by atoms with van der Waals surface area (Å²) in [6, 6.07) is 18.0. The van der Waals surface area contributed by atoms with E-state index in [1.165, 1.54) is 5.69 Å². The number of carbonyl (C=O) groups excluding carboxylic acids is 1. The highest BCUT2D eigenvalue weighted by molar-refractivity contribution is 5.90. The van der Waals surface area contributed by atoms with Crippen molar-refractivity contribution in [2.75, 3.05) is 42.9 Å². The van der Waals surface area contributed by atoms with Crippen LogP contribution in [0.25, 0.3) is 0 Å². The molecule has 0 atom stereocenters. The third-order valence-electron chi connectivity index (χ3n) is 4.66. The molecule has 0 aromatic heterocycles. The Balaban J connectivity index is 1.38. The monoisotopic (exact) mass is 367 g/mol. The molecule has 27 heavy (non-hydrogen) atoms. The second-order valence-corrected chi connectivity index (χ2v) is 7.15. The predicted octanol–water partition coefficient (Wildman–Crippen LogP) is 3.62. The molecule has 3 rings (SSSR count). The second kappa shape index (κ2) is 9.42. The minimum absolute atomic E-state index is 0.0537. The van der Waals surface area contributed by atoms with Gasteiger partial charge in [-0.05, 0) is 50.2 Å². The average molecular weight is 367 g/mol. The van der Waals surface area contributed by atoms with Gasteiger partial charge < -0.3 is 15.0 Å². The van der Waals surface area contributed by atoms with Crippen LogP contribution in [0.5, 0.6) is 5.75 Å². The first-order valence-corrected chi connectivity index (χ1v) is 9.69. The SMILES string of the molecule is CC(C)Oc1ccc(NC(=O)CCN2CCN(c3ccccc3)CC2)cc1. The van der Waals surface area contributed by atoms with Gasteiger partial charge in [0.1, 0.15) is 5.75 Å². The maximum atomic E-state index is 12.2. The number of para-hydroxylation sites is 1. The van der Waals surface area contributed by atoms with Crippen molar-refractivity contribution in [1.29, 1.82) is 0 Å². The van der Waals surface area contributed by atoms with Gasteiger partial charge in [0.05, 0.1) is 6.10 Å². The van der Waals surface area contributed by atoms with Crippen molar-refractivity contribution in [1.82, 2.24) is 4.90 Å². The van der Waals surface area contributed by atoms with Crippen LogP contribution in [0, 0.1) is 0 Å². The lowest BCUT2D eigenvalue weighted by molar-refractivity contribution is -0.116. The minimum atomic E-state index is 0.0537. The summed E-state index contributed by atoms with van der Waals surface area (Å²) in [7, 11) is 0. The Hall–Kier alpha value is -2.53. The molecule has 5 heteroatoms. The molecule has 1 fully saturated rings. The molecule has 1 aliphatic heterocycles. The van der Waals surface area contributed by atoms with Crippen molar-refractivity contribution in [3.63, 3.8) is 0 Å². The van der Waals surface area contributed by atoms with E-state index < -0.39 is 0 Å². The summed E-state index contributed by atoms with van der Waals surface area (Å²) in [5.74, 6) is 0.873. The molecule has 0 bridgehead atoms. The van der Waals surface area contributed by atoms with E-state index in [0.717, 1.165) is 44.2 Å². The van der Waals surface area contributed by atoms with Crippen molar-refractivity contribution < 1.29 is 9.53 Å². The van der Waals surface area contributed by atoms with E-state index in [9.17, 15) is 4.79 Å². The lowest BCUT2D eigenvalue weighted by Crippen LogP contribution is -2.47. The van der Waals surface area contributed by atoms with E-state index >= 15 is 0 Å². The molecule has 0 radical (unpaired) electrons. The molecule has 0 saturated carbocycles. The van der Waals surface area contributed by atoms with Crippen LogP contribution >= 0.6 is 0 Å². The van der Waals surface area contributed by atoms with Gasteiger partial charge in [0.15, 0.2) is 0 Å². The number of nitrogens with one attached hydrogen (secondary N) is 1. The quantitative estimate of drug-likeness (QED) is 0.812. The van der Waals surface area contributed by atoms with Crippen molar-refractivity contribution >= 4 is 17.3 Å². The van der Waals surface area contributed by atoms with E-state index in [1.807, 2.05) is 44.2 Å². The molecule has 1 heterocycles. The van der Waals surface area contributed by atoms with E-state index in [0.29, 0.717) is 6.42 Å². The highest BCUT2D eigenvalue weighted by atomic mass is 16.5. The van der Waals surface area contributed by atoms with E-state index in [4.69, 9.17) is 4.74 Å². The summed E-state index contributed by atoms with van der Waals surface area (Å²) in [5, 5.41) is 2.97. The van der Waals surface area contributed by atoms with Crippen molar-refractivity contribution in [2.24, 2.45) is 0 Å². The van der Waals surface area contributed by atoms with E-state index in [1.54, 1.807) is 0 Å². The molecule has 1 saturated heterocycles. The van der Waals surface area contributed by atoms with Crippen LogP contribution in [0.15, 0.2) is 54.6 Å². The van der Waals surface area contributed by atoms with Gasteiger partial charge in [-0.2, -0.15) is 0 Å². The Kier molecular flexibility index (Phi) is 6.71. The Morgan fingerprint density at radius 1 is 1.00 bits per heavy atom. The van der Waals surface area contributed by atoms with Crippen LogP contribution in [-0.4, -0.2) is 49.6 Å². The zero-order valence-electron chi connectivity index (χ0n) is 16.2. The summed E-state index contributed by atoms with van der Waals surface area (Å²) in [5.41, 5.74) is 2.09.